The highest BCUT2D eigenvalue weighted by Gasteiger charge is 2.34. The summed E-state index contributed by atoms with van der Waals surface area (Å²) in [6.07, 6.45) is 3.35. The highest BCUT2D eigenvalue weighted by Crippen LogP contribution is 2.39. The van der Waals surface area contributed by atoms with Crippen LogP contribution in [0.2, 0.25) is 0 Å². The van der Waals surface area contributed by atoms with Gasteiger partial charge in [0, 0.05) is 22.8 Å². The Bertz CT molecular complexity index is 990. The highest BCUT2D eigenvalue weighted by molar-refractivity contribution is 7.14. The minimum absolute atomic E-state index is 0.149. The molecule has 0 aliphatic heterocycles. The number of nitrogens with zero attached hydrogens (tertiary/aromatic N) is 2. The zero-order chi connectivity index (χ0) is 23.0. The molecule has 5 nitrogen and oxygen atoms in total. The molecule has 0 fully saturated rings. The van der Waals surface area contributed by atoms with E-state index in [9.17, 15) is 13.2 Å². The molecule has 0 spiro atoms. The molecule has 3 rings (SSSR count). The van der Waals surface area contributed by atoms with Gasteiger partial charge >= 0.3 is 6.18 Å². The van der Waals surface area contributed by atoms with Crippen LogP contribution in [0.25, 0.3) is 11.3 Å². The molecule has 3 N–H and O–H groups in total. The van der Waals surface area contributed by atoms with Crippen molar-refractivity contribution < 1.29 is 17.9 Å². The summed E-state index contributed by atoms with van der Waals surface area (Å²) in [6, 6.07) is 7.45. The summed E-state index contributed by atoms with van der Waals surface area (Å²) < 4.78 is 46.3. The summed E-state index contributed by atoms with van der Waals surface area (Å²) in [4.78, 5) is 8.45. The molecule has 2 aromatic heterocycles. The molecule has 172 valence electrons. The van der Waals surface area contributed by atoms with Gasteiger partial charge in [0.15, 0.2) is 5.13 Å². The van der Waals surface area contributed by atoms with E-state index in [1.165, 1.54) is 23.8 Å². The zero-order valence-corrected chi connectivity index (χ0v) is 18.7. The average molecular weight is 465 g/mol. The maximum absolute atomic E-state index is 13.6. The number of aromatic nitrogens is 2. The normalized spacial score (nSPS) is 11.5. The van der Waals surface area contributed by atoms with Crippen molar-refractivity contribution in [1.29, 1.82) is 0 Å². The molecule has 0 saturated carbocycles. The summed E-state index contributed by atoms with van der Waals surface area (Å²) in [7, 11) is 0. The van der Waals surface area contributed by atoms with Gasteiger partial charge in [-0.15, -0.1) is 11.3 Å². The first kappa shape index (κ1) is 23.8. The number of pyridine rings is 1. The fraction of sp³-hybridized carbons (Fsp3) is 0.391. The van der Waals surface area contributed by atoms with E-state index >= 15 is 0 Å². The molecule has 0 radical (unpaired) electrons. The fourth-order valence-electron chi connectivity index (χ4n) is 3.16. The number of halogens is 3. The van der Waals surface area contributed by atoms with E-state index in [-0.39, 0.29) is 12.4 Å². The van der Waals surface area contributed by atoms with Crippen LogP contribution in [0.5, 0.6) is 5.75 Å². The molecule has 9 heteroatoms. The van der Waals surface area contributed by atoms with Crippen LogP contribution in [0.4, 0.5) is 29.8 Å². The molecule has 0 bridgehead atoms. The molecule has 32 heavy (non-hydrogen) atoms. The molecular weight excluding hydrogens is 437 g/mol. The van der Waals surface area contributed by atoms with Gasteiger partial charge in [0.1, 0.15) is 11.6 Å². The highest BCUT2D eigenvalue weighted by atomic mass is 32.1. The van der Waals surface area contributed by atoms with Crippen LogP contribution in [0.3, 0.4) is 0 Å². The largest absolute Gasteiger partial charge is 0.493 e. The number of rotatable bonds is 11. The predicted octanol–water partition coefficient (Wildman–Crippen LogP) is 7.29. The third-order valence-electron chi connectivity index (χ3n) is 4.88. The minimum Gasteiger partial charge on any atom is -0.493 e. The van der Waals surface area contributed by atoms with Gasteiger partial charge in [-0.3, -0.25) is 0 Å². The Morgan fingerprint density at radius 3 is 2.56 bits per heavy atom. The van der Waals surface area contributed by atoms with Crippen LogP contribution in [-0.2, 0) is 6.18 Å². The summed E-state index contributed by atoms with van der Waals surface area (Å²) in [5, 5.41) is 5.23. The summed E-state index contributed by atoms with van der Waals surface area (Å²) in [5.74, 6) is 0.255. The van der Waals surface area contributed by atoms with Gasteiger partial charge in [-0.25, -0.2) is 9.97 Å². The molecule has 0 aliphatic carbocycles. The van der Waals surface area contributed by atoms with Crippen LogP contribution >= 0.6 is 11.3 Å². The zero-order valence-electron chi connectivity index (χ0n) is 17.9. The third-order valence-corrected chi connectivity index (χ3v) is 5.64. The lowest BCUT2D eigenvalue weighted by atomic mass is 10.1. The standard InChI is InChI=1S/C23H27F3N4OS/c1-2-3-4-5-6-7-12-31-20-10-9-17(13-18(20)23(24,25)26)29-22-30-19(15-32-22)16-8-11-21(27)28-14-16/h8-11,13-15H,2-7,12H2,1H3,(H2,27,28)(H,29,30). The van der Waals surface area contributed by atoms with Crippen LogP contribution < -0.4 is 15.8 Å². The van der Waals surface area contributed by atoms with Gasteiger partial charge in [-0.05, 0) is 36.8 Å². The van der Waals surface area contributed by atoms with Gasteiger partial charge in [-0.2, -0.15) is 13.2 Å². The van der Waals surface area contributed by atoms with Crippen LogP contribution in [0, 0.1) is 0 Å². The Hall–Kier alpha value is -2.81. The number of nitrogens with two attached hydrogens (primary N) is 1. The lowest BCUT2D eigenvalue weighted by Crippen LogP contribution is -2.10. The smallest absolute Gasteiger partial charge is 0.420 e. The van der Waals surface area contributed by atoms with Crippen molar-refractivity contribution in [2.24, 2.45) is 0 Å². The molecule has 0 atom stereocenters. The average Bonchev–Trinajstić information content (AvgIpc) is 3.22. The first-order valence-electron chi connectivity index (χ1n) is 10.7. The maximum Gasteiger partial charge on any atom is 0.420 e. The number of benzene rings is 1. The van der Waals surface area contributed by atoms with Gasteiger partial charge in [0.2, 0.25) is 0 Å². The maximum atomic E-state index is 13.6. The number of thiazole rings is 1. The Labute approximate surface area is 189 Å². The Morgan fingerprint density at radius 1 is 1.06 bits per heavy atom. The van der Waals surface area contributed by atoms with Gasteiger partial charge in [0.05, 0.1) is 17.9 Å². The van der Waals surface area contributed by atoms with Crippen molar-refractivity contribution in [2.45, 2.75) is 51.6 Å². The fourth-order valence-corrected chi connectivity index (χ4v) is 3.90. The number of unbranched alkanes of at least 4 members (excludes halogenated alkanes) is 5. The van der Waals surface area contributed by atoms with Gasteiger partial charge < -0.3 is 15.8 Å². The van der Waals surface area contributed by atoms with Gasteiger partial charge in [0.25, 0.3) is 0 Å². The summed E-state index contributed by atoms with van der Waals surface area (Å²) >= 11 is 1.29. The predicted molar refractivity (Wildman–Crippen MR) is 123 cm³/mol. The molecule has 0 saturated heterocycles. The Kier molecular flexibility index (Phi) is 8.33. The summed E-state index contributed by atoms with van der Waals surface area (Å²) in [5.41, 5.74) is 6.53. The van der Waals surface area contributed by atoms with Crippen molar-refractivity contribution in [3.63, 3.8) is 0 Å². The second-order valence-electron chi connectivity index (χ2n) is 7.46. The molecule has 1 aromatic carbocycles. The van der Waals surface area contributed by atoms with Crippen molar-refractivity contribution >= 4 is 28.0 Å². The number of hydrogen-bond acceptors (Lipinski definition) is 6. The number of alkyl halides is 3. The van der Waals surface area contributed by atoms with E-state index in [1.54, 1.807) is 29.8 Å². The monoisotopic (exact) mass is 464 g/mol. The Balaban J connectivity index is 1.64. The van der Waals surface area contributed by atoms with E-state index in [4.69, 9.17) is 10.5 Å². The number of ether oxygens (including phenoxy) is 1. The van der Waals surface area contributed by atoms with Gasteiger partial charge in [-0.1, -0.05) is 39.0 Å². The minimum atomic E-state index is -4.52. The molecular formula is C23H27F3N4OS. The van der Waals surface area contributed by atoms with Crippen LogP contribution in [0.15, 0.2) is 41.9 Å². The van der Waals surface area contributed by atoms with E-state index in [0.29, 0.717) is 22.3 Å². The topological polar surface area (TPSA) is 73.1 Å². The molecule has 2 heterocycles. The first-order valence-corrected chi connectivity index (χ1v) is 11.5. The molecule has 3 aromatic rings. The van der Waals surface area contributed by atoms with Crippen molar-refractivity contribution in [2.75, 3.05) is 17.7 Å². The van der Waals surface area contributed by atoms with Crippen LogP contribution in [-0.4, -0.2) is 16.6 Å². The molecule has 0 aliphatic rings. The summed E-state index contributed by atoms with van der Waals surface area (Å²) in [6.45, 7) is 2.42. The van der Waals surface area contributed by atoms with E-state index in [1.807, 2.05) is 0 Å². The lowest BCUT2D eigenvalue weighted by Gasteiger charge is -2.15. The number of nitrogens with one attached hydrogen (secondary N) is 1. The van der Waals surface area contributed by atoms with Crippen molar-refractivity contribution in [3.05, 3.63) is 47.5 Å². The quantitative estimate of drug-likeness (QED) is 0.292. The second kappa shape index (κ2) is 11.2. The number of hydrogen-bond donors (Lipinski definition) is 2. The first-order chi connectivity index (χ1) is 15.4. The number of nitrogen functional groups attached to an aromatic ring is 1. The van der Waals surface area contributed by atoms with E-state index in [0.717, 1.165) is 43.7 Å². The molecule has 0 unspecified atom stereocenters. The van der Waals surface area contributed by atoms with Crippen LogP contribution in [0.1, 0.15) is 51.0 Å². The third kappa shape index (κ3) is 6.85. The molecule has 0 amide bonds. The number of anilines is 3. The van der Waals surface area contributed by atoms with Crippen molar-refractivity contribution in [1.82, 2.24) is 9.97 Å². The Morgan fingerprint density at radius 2 is 1.84 bits per heavy atom. The van der Waals surface area contributed by atoms with E-state index < -0.39 is 11.7 Å². The lowest BCUT2D eigenvalue weighted by molar-refractivity contribution is -0.138. The van der Waals surface area contributed by atoms with Crippen molar-refractivity contribution in [3.8, 4) is 17.0 Å². The second-order valence-corrected chi connectivity index (χ2v) is 8.32. The van der Waals surface area contributed by atoms with E-state index in [2.05, 4.69) is 22.2 Å². The SMILES string of the molecule is CCCCCCCCOc1ccc(Nc2nc(-c3ccc(N)nc3)cs2)cc1C(F)(F)F.